The van der Waals surface area contributed by atoms with Gasteiger partial charge in [0.25, 0.3) is 0 Å². The van der Waals surface area contributed by atoms with Crippen molar-refractivity contribution in [3.8, 4) is 17.2 Å². The van der Waals surface area contributed by atoms with Gasteiger partial charge in [0.1, 0.15) is 36.0 Å². The van der Waals surface area contributed by atoms with Gasteiger partial charge in [-0.3, -0.25) is 4.79 Å². The number of carbonyl (C=O) groups excluding carboxylic acids is 1. The normalized spacial score (nSPS) is 16.1. The molecule has 0 radical (unpaired) electrons. The molecule has 4 aromatic rings. The monoisotopic (exact) mass is 516 g/mol. The number of hydrogen-bond acceptors (Lipinski definition) is 4. The van der Waals surface area contributed by atoms with Gasteiger partial charge >= 0.3 is 0 Å². The zero-order chi connectivity index (χ0) is 26.4. The molecule has 0 N–H and O–H groups in total. The standard InChI is InChI=1S/C35H32O4/c36-35-33(20-25-16-18-29(19-17-25)28-14-8-3-9-15-28)39-32-22-30(37-23-26-10-4-1-5-11-26)21-31(34(32)35)38-24-27-12-6-2-7-13-27/h1-2,4-7,10-13,16-22,28H,3,8-9,14-15,23-24H2/b33-20-. The van der Waals surface area contributed by atoms with Crippen LogP contribution in [-0.4, -0.2) is 5.78 Å². The summed E-state index contributed by atoms with van der Waals surface area (Å²) >= 11 is 0. The number of allylic oxidation sites excluding steroid dienone is 1. The molecule has 1 aliphatic carbocycles. The topological polar surface area (TPSA) is 44.8 Å². The first-order chi connectivity index (χ1) is 19.2. The van der Waals surface area contributed by atoms with Crippen LogP contribution in [0.4, 0.5) is 0 Å². The predicted molar refractivity (Wildman–Crippen MR) is 153 cm³/mol. The molecular weight excluding hydrogens is 484 g/mol. The molecule has 2 aliphatic rings. The molecule has 0 aromatic heterocycles. The third-order valence-corrected chi connectivity index (χ3v) is 7.51. The Morgan fingerprint density at radius 3 is 2.05 bits per heavy atom. The maximum atomic E-state index is 13.5. The number of hydrogen-bond donors (Lipinski definition) is 0. The first kappa shape index (κ1) is 25.0. The van der Waals surface area contributed by atoms with Gasteiger partial charge in [-0.05, 0) is 47.1 Å². The van der Waals surface area contributed by atoms with E-state index in [9.17, 15) is 4.79 Å². The van der Waals surface area contributed by atoms with Gasteiger partial charge in [-0.2, -0.15) is 0 Å². The van der Waals surface area contributed by atoms with E-state index in [4.69, 9.17) is 14.2 Å². The Balaban J connectivity index is 1.25. The van der Waals surface area contributed by atoms with Crippen LogP contribution in [0.15, 0.2) is 103 Å². The molecular formula is C35H32O4. The lowest BCUT2D eigenvalue weighted by atomic mass is 9.84. The van der Waals surface area contributed by atoms with Gasteiger partial charge < -0.3 is 14.2 Å². The number of ketones is 1. The minimum Gasteiger partial charge on any atom is -0.489 e. The first-order valence-electron chi connectivity index (χ1n) is 13.8. The van der Waals surface area contributed by atoms with Gasteiger partial charge in [0.05, 0.1) is 0 Å². The van der Waals surface area contributed by atoms with Crippen molar-refractivity contribution >= 4 is 11.9 Å². The van der Waals surface area contributed by atoms with E-state index in [-0.39, 0.29) is 5.78 Å². The van der Waals surface area contributed by atoms with E-state index in [1.165, 1.54) is 37.7 Å². The highest BCUT2D eigenvalue weighted by atomic mass is 16.5. The number of benzene rings is 4. The average molecular weight is 517 g/mol. The van der Waals surface area contributed by atoms with Crippen molar-refractivity contribution in [2.45, 2.75) is 51.2 Å². The van der Waals surface area contributed by atoms with Gasteiger partial charge in [-0.1, -0.05) is 104 Å². The fourth-order valence-electron chi connectivity index (χ4n) is 5.38. The SMILES string of the molecule is O=C1/C(=C/c2ccc(C3CCCCC3)cc2)Oc2cc(OCc3ccccc3)cc(OCc3ccccc3)c21. The zero-order valence-corrected chi connectivity index (χ0v) is 22.0. The van der Waals surface area contributed by atoms with Crippen LogP contribution < -0.4 is 14.2 Å². The fraction of sp³-hybridized carbons (Fsp3) is 0.229. The van der Waals surface area contributed by atoms with E-state index in [1.807, 2.05) is 66.7 Å². The van der Waals surface area contributed by atoms with Crippen LogP contribution in [0.5, 0.6) is 17.2 Å². The van der Waals surface area contributed by atoms with E-state index < -0.39 is 0 Å². The number of ether oxygens (including phenoxy) is 3. The van der Waals surface area contributed by atoms with E-state index in [1.54, 1.807) is 12.1 Å². The highest BCUT2D eigenvalue weighted by Gasteiger charge is 2.32. The van der Waals surface area contributed by atoms with Crippen molar-refractivity contribution in [3.05, 3.63) is 131 Å². The van der Waals surface area contributed by atoms with Crippen LogP contribution in [-0.2, 0) is 13.2 Å². The lowest BCUT2D eigenvalue weighted by Gasteiger charge is -2.21. The maximum Gasteiger partial charge on any atom is 0.235 e. The van der Waals surface area contributed by atoms with Crippen LogP contribution in [0.2, 0.25) is 0 Å². The van der Waals surface area contributed by atoms with Crippen LogP contribution >= 0.6 is 0 Å². The summed E-state index contributed by atoms with van der Waals surface area (Å²) in [4.78, 5) is 13.5. The van der Waals surface area contributed by atoms with Crippen molar-refractivity contribution in [2.24, 2.45) is 0 Å². The minimum atomic E-state index is -0.181. The van der Waals surface area contributed by atoms with Crippen molar-refractivity contribution in [1.29, 1.82) is 0 Å². The molecule has 1 saturated carbocycles. The predicted octanol–water partition coefficient (Wildman–Crippen LogP) is 8.51. The van der Waals surface area contributed by atoms with Crippen molar-refractivity contribution in [2.75, 3.05) is 0 Å². The van der Waals surface area contributed by atoms with E-state index in [0.717, 1.165) is 16.7 Å². The molecule has 4 aromatic carbocycles. The minimum absolute atomic E-state index is 0.181. The number of fused-ring (bicyclic) bond motifs is 1. The Bertz CT molecular complexity index is 1450. The molecule has 39 heavy (non-hydrogen) atoms. The molecule has 0 unspecified atom stereocenters. The second-order valence-electron chi connectivity index (χ2n) is 10.3. The van der Waals surface area contributed by atoms with E-state index in [0.29, 0.717) is 47.7 Å². The fourth-order valence-corrected chi connectivity index (χ4v) is 5.38. The highest BCUT2D eigenvalue weighted by Crippen LogP contribution is 2.42. The van der Waals surface area contributed by atoms with Gasteiger partial charge in [-0.15, -0.1) is 0 Å². The maximum absolute atomic E-state index is 13.5. The molecule has 0 saturated heterocycles. The first-order valence-corrected chi connectivity index (χ1v) is 13.8. The van der Waals surface area contributed by atoms with Gasteiger partial charge in [-0.25, -0.2) is 0 Å². The molecule has 0 amide bonds. The molecule has 6 rings (SSSR count). The highest BCUT2D eigenvalue weighted by molar-refractivity contribution is 6.16. The summed E-state index contributed by atoms with van der Waals surface area (Å²) in [6, 6.07) is 32.0. The summed E-state index contributed by atoms with van der Waals surface area (Å²) in [5.74, 6) is 2.26. The summed E-state index contributed by atoms with van der Waals surface area (Å²) in [7, 11) is 0. The van der Waals surface area contributed by atoms with Crippen LogP contribution in [0.25, 0.3) is 6.08 Å². The molecule has 0 bridgehead atoms. The summed E-state index contributed by atoms with van der Waals surface area (Å²) in [6.07, 6.45) is 8.30. The summed E-state index contributed by atoms with van der Waals surface area (Å²) < 4.78 is 18.4. The average Bonchev–Trinajstić information content (AvgIpc) is 3.31. The Hall–Kier alpha value is -4.31. The van der Waals surface area contributed by atoms with Gasteiger partial charge in [0, 0.05) is 12.1 Å². The Kier molecular flexibility index (Phi) is 7.44. The second-order valence-corrected chi connectivity index (χ2v) is 10.3. The molecule has 1 heterocycles. The van der Waals surface area contributed by atoms with Crippen molar-refractivity contribution in [3.63, 3.8) is 0 Å². The smallest absolute Gasteiger partial charge is 0.235 e. The largest absolute Gasteiger partial charge is 0.489 e. The molecule has 196 valence electrons. The van der Waals surface area contributed by atoms with E-state index >= 15 is 0 Å². The van der Waals surface area contributed by atoms with Gasteiger partial charge in [0.2, 0.25) is 5.78 Å². The second kappa shape index (κ2) is 11.6. The summed E-state index contributed by atoms with van der Waals surface area (Å²) in [5, 5.41) is 0. The number of carbonyl (C=O) groups is 1. The van der Waals surface area contributed by atoms with Crippen molar-refractivity contribution < 1.29 is 19.0 Å². The summed E-state index contributed by atoms with van der Waals surface area (Å²) in [5.41, 5.74) is 4.83. The van der Waals surface area contributed by atoms with E-state index in [2.05, 4.69) is 24.3 Å². The Morgan fingerprint density at radius 2 is 1.38 bits per heavy atom. The molecule has 1 fully saturated rings. The van der Waals surface area contributed by atoms with Crippen molar-refractivity contribution in [1.82, 2.24) is 0 Å². The third-order valence-electron chi connectivity index (χ3n) is 7.51. The molecule has 4 nitrogen and oxygen atoms in total. The molecule has 4 heteroatoms. The number of Topliss-reactive ketones (excluding diaryl/α,β-unsaturated/α-hetero) is 1. The molecule has 0 spiro atoms. The van der Waals surface area contributed by atoms with Gasteiger partial charge in [0.15, 0.2) is 5.76 Å². The Morgan fingerprint density at radius 1 is 0.744 bits per heavy atom. The number of rotatable bonds is 8. The quantitative estimate of drug-likeness (QED) is 0.220. The molecule has 0 atom stereocenters. The Labute approximate surface area is 229 Å². The molecule has 1 aliphatic heterocycles. The zero-order valence-electron chi connectivity index (χ0n) is 22.0. The third kappa shape index (κ3) is 5.91. The lowest BCUT2D eigenvalue weighted by Crippen LogP contribution is -2.04. The summed E-state index contributed by atoms with van der Waals surface area (Å²) in [6.45, 7) is 0.742. The lowest BCUT2D eigenvalue weighted by molar-refractivity contribution is 0.101. The van der Waals surface area contributed by atoms with Crippen LogP contribution in [0.3, 0.4) is 0 Å². The van der Waals surface area contributed by atoms with Crippen LogP contribution in [0.1, 0.15) is 70.6 Å². The van der Waals surface area contributed by atoms with Crippen LogP contribution in [0, 0.1) is 0 Å².